The van der Waals surface area contributed by atoms with Gasteiger partial charge in [-0.15, -0.1) is 0 Å². The maximum absolute atomic E-state index is 13.3. The summed E-state index contributed by atoms with van der Waals surface area (Å²) in [6.07, 6.45) is 2.06. The molecule has 27 heavy (non-hydrogen) atoms. The number of carbonyl (C=O) groups excluding carboxylic acids is 1. The van der Waals surface area contributed by atoms with Gasteiger partial charge in [0.25, 0.3) is 11.6 Å². The molecule has 0 aliphatic rings. The molecule has 1 N–H and O–H groups in total. The highest BCUT2D eigenvalue weighted by Gasteiger charge is 2.21. The molecule has 0 fully saturated rings. The number of hydrogen-bond donors (Lipinski definition) is 1. The third-order valence-corrected chi connectivity index (χ3v) is 4.41. The van der Waals surface area contributed by atoms with Gasteiger partial charge in [-0.2, -0.15) is 5.10 Å². The molecule has 142 valence electrons. The van der Waals surface area contributed by atoms with Crippen molar-refractivity contribution in [2.75, 3.05) is 17.1 Å². The Bertz CT molecular complexity index is 994. The lowest BCUT2D eigenvalue weighted by Crippen LogP contribution is -2.39. The molecule has 0 saturated carbocycles. The van der Waals surface area contributed by atoms with Gasteiger partial charge < -0.3 is 0 Å². The lowest BCUT2D eigenvalue weighted by molar-refractivity contribution is -0.384. The molecule has 0 radical (unpaired) electrons. The minimum absolute atomic E-state index is 0.00434. The summed E-state index contributed by atoms with van der Waals surface area (Å²) in [5, 5.41) is 14.4. The predicted molar refractivity (Wildman–Crippen MR) is 97.4 cm³/mol. The predicted octanol–water partition coefficient (Wildman–Crippen LogP) is 1.65. The number of nitrogens with one attached hydrogen (secondary N) is 1. The van der Waals surface area contributed by atoms with Crippen molar-refractivity contribution in [3.63, 3.8) is 0 Å². The Balaban J connectivity index is 2.08. The van der Waals surface area contributed by atoms with Crippen LogP contribution in [0.25, 0.3) is 0 Å². The average Bonchev–Trinajstić information content (AvgIpc) is 2.59. The standard InChI is InChI=1S/C16H15FN4O5S/c1-27(25,26)20(14-6-3-5-13(17)9-14)11-16(22)19-18-10-12-4-2-7-15(8-12)21(23)24/h2-10H,11H2,1H3,(H,19,22)/b18-10-. The number of amides is 1. The Morgan fingerprint density at radius 3 is 2.63 bits per heavy atom. The normalized spacial score (nSPS) is 11.3. The SMILES string of the molecule is CS(=O)(=O)N(CC(=O)N/N=C\c1cccc([N+](=O)[O-])c1)c1cccc(F)c1. The number of nitro benzene ring substituents is 1. The van der Waals surface area contributed by atoms with Crippen LogP contribution in [-0.2, 0) is 14.8 Å². The third-order valence-electron chi connectivity index (χ3n) is 3.27. The van der Waals surface area contributed by atoms with E-state index in [-0.39, 0.29) is 11.4 Å². The van der Waals surface area contributed by atoms with E-state index in [4.69, 9.17) is 0 Å². The second kappa shape index (κ2) is 8.36. The van der Waals surface area contributed by atoms with Crippen molar-refractivity contribution in [3.05, 3.63) is 70.0 Å². The summed E-state index contributed by atoms with van der Waals surface area (Å²) in [6.45, 7) is -0.617. The fourth-order valence-electron chi connectivity index (χ4n) is 2.09. The van der Waals surface area contributed by atoms with Crippen molar-refractivity contribution in [3.8, 4) is 0 Å². The summed E-state index contributed by atoms with van der Waals surface area (Å²) in [5.74, 6) is -1.42. The second-order valence-corrected chi connectivity index (χ2v) is 7.30. The maximum Gasteiger partial charge on any atom is 0.270 e. The fourth-order valence-corrected chi connectivity index (χ4v) is 2.94. The summed E-state index contributed by atoms with van der Waals surface area (Å²) in [7, 11) is -3.84. The van der Waals surface area contributed by atoms with Gasteiger partial charge in [-0.25, -0.2) is 18.2 Å². The molecule has 0 unspecified atom stereocenters. The van der Waals surface area contributed by atoms with Crippen LogP contribution in [0.15, 0.2) is 53.6 Å². The van der Waals surface area contributed by atoms with Gasteiger partial charge in [0.2, 0.25) is 10.0 Å². The van der Waals surface area contributed by atoms with Gasteiger partial charge in [-0.1, -0.05) is 18.2 Å². The van der Waals surface area contributed by atoms with Crippen molar-refractivity contribution < 1.29 is 22.5 Å². The highest BCUT2D eigenvalue weighted by Crippen LogP contribution is 2.18. The van der Waals surface area contributed by atoms with Crippen molar-refractivity contribution in [2.24, 2.45) is 5.10 Å². The van der Waals surface area contributed by atoms with E-state index in [1.807, 2.05) is 0 Å². The summed E-state index contributed by atoms with van der Waals surface area (Å²) < 4.78 is 37.9. The van der Waals surface area contributed by atoms with Crippen LogP contribution in [0.3, 0.4) is 0 Å². The fraction of sp³-hybridized carbons (Fsp3) is 0.125. The summed E-state index contributed by atoms with van der Waals surface area (Å²) in [6, 6.07) is 10.4. The molecule has 0 atom stereocenters. The number of halogens is 1. The number of benzene rings is 2. The van der Waals surface area contributed by atoms with Gasteiger partial charge in [-0.05, 0) is 18.2 Å². The number of carbonyl (C=O) groups is 1. The van der Waals surface area contributed by atoms with Gasteiger partial charge in [0.05, 0.1) is 23.1 Å². The zero-order valence-corrected chi connectivity index (χ0v) is 14.9. The Labute approximate surface area is 154 Å². The second-order valence-electron chi connectivity index (χ2n) is 5.39. The molecular formula is C16H15FN4O5S. The van der Waals surface area contributed by atoms with Crippen LogP contribution in [0.1, 0.15) is 5.56 Å². The van der Waals surface area contributed by atoms with Crippen LogP contribution in [-0.4, -0.2) is 38.3 Å². The van der Waals surface area contributed by atoms with Crippen molar-refractivity contribution in [2.45, 2.75) is 0 Å². The summed E-state index contributed by atoms with van der Waals surface area (Å²) >= 11 is 0. The Morgan fingerprint density at radius 2 is 2.00 bits per heavy atom. The maximum atomic E-state index is 13.3. The Morgan fingerprint density at radius 1 is 1.30 bits per heavy atom. The number of non-ortho nitro benzene ring substituents is 1. The molecule has 0 bridgehead atoms. The highest BCUT2D eigenvalue weighted by atomic mass is 32.2. The first-order chi connectivity index (χ1) is 12.7. The van der Waals surface area contributed by atoms with Gasteiger partial charge in [0.15, 0.2) is 0 Å². The molecule has 1 amide bonds. The largest absolute Gasteiger partial charge is 0.271 e. The quantitative estimate of drug-likeness (QED) is 0.435. The molecular weight excluding hydrogens is 379 g/mol. The molecule has 2 aromatic carbocycles. The number of anilines is 1. The number of sulfonamides is 1. The minimum atomic E-state index is -3.84. The van der Waals surface area contributed by atoms with E-state index >= 15 is 0 Å². The molecule has 0 heterocycles. The van der Waals surface area contributed by atoms with Crippen molar-refractivity contribution in [1.82, 2.24) is 5.43 Å². The summed E-state index contributed by atoms with van der Waals surface area (Å²) in [5.41, 5.74) is 2.35. The van der Waals surface area contributed by atoms with Gasteiger partial charge in [0.1, 0.15) is 12.4 Å². The molecule has 0 saturated heterocycles. The van der Waals surface area contributed by atoms with Crippen LogP contribution in [0.4, 0.5) is 15.8 Å². The number of rotatable bonds is 7. The van der Waals surface area contributed by atoms with Crippen LogP contribution in [0.2, 0.25) is 0 Å². The smallest absolute Gasteiger partial charge is 0.270 e. The van der Waals surface area contributed by atoms with Crippen LogP contribution < -0.4 is 9.73 Å². The first kappa shape index (κ1) is 20.0. The molecule has 2 rings (SSSR count). The van der Waals surface area contributed by atoms with Crippen LogP contribution in [0, 0.1) is 15.9 Å². The van der Waals surface area contributed by atoms with Crippen LogP contribution >= 0.6 is 0 Å². The molecule has 0 spiro atoms. The average molecular weight is 394 g/mol. The van der Waals surface area contributed by atoms with E-state index in [0.717, 1.165) is 22.7 Å². The lowest BCUT2D eigenvalue weighted by Gasteiger charge is -2.21. The van der Waals surface area contributed by atoms with Gasteiger partial charge in [0, 0.05) is 17.7 Å². The zero-order chi connectivity index (χ0) is 20.0. The number of hydrazone groups is 1. The zero-order valence-electron chi connectivity index (χ0n) is 14.1. The minimum Gasteiger partial charge on any atom is -0.271 e. The van der Waals surface area contributed by atoms with Gasteiger partial charge in [-0.3, -0.25) is 19.2 Å². The topological polar surface area (TPSA) is 122 Å². The van der Waals surface area contributed by atoms with E-state index in [1.165, 1.54) is 42.6 Å². The summed E-state index contributed by atoms with van der Waals surface area (Å²) in [4.78, 5) is 22.1. The molecule has 0 aromatic heterocycles. The molecule has 11 heteroatoms. The first-order valence-electron chi connectivity index (χ1n) is 7.46. The van der Waals surface area contributed by atoms with Gasteiger partial charge >= 0.3 is 0 Å². The van der Waals surface area contributed by atoms with E-state index < -0.39 is 33.2 Å². The number of nitro groups is 1. The Hall–Kier alpha value is -3.34. The van der Waals surface area contributed by atoms with E-state index in [0.29, 0.717) is 5.56 Å². The molecule has 0 aliphatic carbocycles. The third kappa shape index (κ3) is 5.85. The molecule has 0 aliphatic heterocycles. The monoisotopic (exact) mass is 394 g/mol. The van der Waals surface area contributed by atoms with Crippen molar-refractivity contribution >= 4 is 33.5 Å². The van der Waals surface area contributed by atoms with Crippen LogP contribution in [0.5, 0.6) is 0 Å². The first-order valence-corrected chi connectivity index (χ1v) is 9.31. The molecule has 9 nitrogen and oxygen atoms in total. The van der Waals surface area contributed by atoms with E-state index in [2.05, 4.69) is 10.5 Å². The number of nitrogens with zero attached hydrogens (tertiary/aromatic N) is 3. The highest BCUT2D eigenvalue weighted by molar-refractivity contribution is 7.92. The number of hydrogen-bond acceptors (Lipinski definition) is 6. The van der Waals surface area contributed by atoms with E-state index in [1.54, 1.807) is 0 Å². The Kier molecular flexibility index (Phi) is 6.19. The molecule has 2 aromatic rings. The van der Waals surface area contributed by atoms with Crippen molar-refractivity contribution in [1.29, 1.82) is 0 Å². The lowest BCUT2D eigenvalue weighted by atomic mass is 10.2. The van der Waals surface area contributed by atoms with E-state index in [9.17, 15) is 27.7 Å².